The van der Waals surface area contributed by atoms with Gasteiger partial charge in [-0.25, -0.2) is 14.4 Å². The minimum Gasteiger partial charge on any atom is -0.340 e. The van der Waals surface area contributed by atoms with Crippen molar-refractivity contribution in [2.45, 2.75) is 6.92 Å². The van der Waals surface area contributed by atoms with Crippen molar-refractivity contribution in [1.82, 2.24) is 9.97 Å². The van der Waals surface area contributed by atoms with Crippen LogP contribution in [0.4, 0.5) is 15.9 Å². The summed E-state index contributed by atoms with van der Waals surface area (Å²) >= 11 is 9.26. The van der Waals surface area contributed by atoms with Gasteiger partial charge in [-0.05, 0) is 42.8 Å². The Hall–Kier alpha value is -1.72. The van der Waals surface area contributed by atoms with Crippen LogP contribution in [0.2, 0.25) is 5.02 Å². The van der Waals surface area contributed by atoms with Crippen LogP contribution in [0.25, 0.3) is 10.9 Å². The highest BCUT2D eigenvalue weighted by atomic mass is 79.9. The highest BCUT2D eigenvalue weighted by molar-refractivity contribution is 9.10. The zero-order valence-electron chi connectivity index (χ0n) is 11.0. The van der Waals surface area contributed by atoms with E-state index in [1.807, 2.05) is 19.1 Å². The maximum absolute atomic E-state index is 13.2. The van der Waals surface area contributed by atoms with E-state index in [9.17, 15) is 4.39 Å². The fourth-order valence-corrected chi connectivity index (χ4v) is 2.86. The van der Waals surface area contributed by atoms with Gasteiger partial charge >= 0.3 is 0 Å². The number of nitrogens with one attached hydrogen (secondary N) is 1. The number of hydrogen-bond donors (Lipinski definition) is 1. The molecule has 3 aromatic rings. The van der Waals surface area contributed by atoms with Gasteiger partial charge in [-0.2, -0.15) is 0 Å². The van der Waals surface area contributed by atoms with E-state index >= 15 is 0 Å². The zero-order valence-corrected chi connectivity index (χ0v) is 13.3. The summed E-state index contributed by atoms with van der Waals surface area (Å²) in [6.07, 6.45) is 1.50. The summed E-state index contributed by atoms with van der Waals surface area (Å²) in [6.45, 7) is 1.98. The molecule has 0 atom stereocenters. The molecule has 2 aromatic carbocycles. The maximum Gasteiger partial charge on any atom is 0.141 e. The van der Waals surface area contributed by atoms with Gasteiger partial charge in [-0.1, -0.05) is 27.5 Å². The van der Waals surface area contributed by atoms with Gasteiger partial charge in [0.2, 0.25) is 0 Å². The Morgan fingerprint density at radius 3 is 2.76 bits per heavy atom. The molecule has 0 aliphatic carbocycles. The van der Waals surface area contributed by atoms with Crippen LogP contribution in [0.5, 0.6) is 0 Å². The summed E-state index contributed by atoms with van der Waals surface area (Å²) in [5.74, 6) is 0.195. The summed E-state index contributed by atoms with van der Waals surface area (Å²) in [7, 11) is 0. The molecule has 0 spiro atoms. The van der Waals surface area contributed by atoms with E-state index < -0.39 is 5.82 Å². The van der Waals surface area contributed by atoms with Crippen LogP contribution < -0.4 is 5.32 Å². The first kappa shape index (κ1) is 14.2. The van der Waals surface area contributed by atoms with Crippen molar-refractivity contribution in [3.8, 4) is 0 Å². The molecule has 106 valence electrons. The first-order chi connectivity index (χ1) is 10.0. The molecule has 0 aliphatic heterocycles. The average molecular weight is 367 g/mol. The van der Waals surface area contributed by atoms with Gasteiger partial charge in [-0.3, -0.25) is 0 Å². The van der Waals surface area contributed by atoms with Gasteiger partial charge in [0.25, 0.3) is 0 Å². The summed E-state index contributed by atoms with van der Waals surface area (Å²) in [6, 6.07) is 8.38. The van der Waals surface area contributed by atoms with Crippen molar-refractivity contribution in [2.75, 3.05) is 5.32 Å². The number of fused-ring (bicyclic) bond motifs is 1. The van der Waals surface area contributed by atoms with Crippen LogP contribution in [0.3, 0.4) is 0 Å². The number of nitrogens with zero attached hydrogens (tertiary/aromatic N) is 2. The van der Waals surface area contributed by atoms with Crippen LogP contribution in [0, 0.1) is 12.7 Å². The molecule has 6 heteroatoms. The Labute approximate surface area is 134 Å². The minimum atomic E-state index is -0.451. The molecule has 0 aliphatic rings. The van der Waals surface area contributed by atoms with Crippen molar-refractivity contribution >= 4 is 49.9 Å². The third-order valence-electron chi connectivity index (χ3n) is 3.08. The maximum atomic E-state index is 13.2. The van der Waals surface area contributed by atoms with Crippen LogP contribution >= 0.6 is 27.5 Å². The van der Waals surface area contributed by atoms with E-state index in [0.29, 0.717) is 11.5 Å². The van der Waals surface area contributed by atoms with Gasteiger partial charge in [0.05, 0.1) is 10.5 Å². The van der Waals surface area contributed by atoms with Crippen molar-refractivity contribution in [1.29, 1.82) is 0 Å². The predicted molar refractivity (Wildman–Crippen MR) is 86.7 cm³/mol. The van der Waals surface area contributed by atoms with Crippen molar-refractivity contribution in [3.63, 3.8) is 0 Å². The number of aromatic nitrogens is 2. The minimum absolute atomic E-state index is 0.0655. The number of halogens is 3. The molecule has 0 fully saturated rings. The van der Waals surface area contributed by atoms with E-state index in [1.165, 1.54) is 18.5 Å². The van der Waals surface area contributed by atoms with E-state index in [4.69, 9.17) is 11.6 Å². The number of aryl methyl sites for hydroxylation is 1. The molecule has 0 unspecified atom stereocenters. The average Bonchev–Trinajstić information content (AvgIpc) is 2.44. The summed E-state index contributed by atoms with van der Waals surface area (Å²) in [5.41, 5.74) is 2.57. The quantitative estimate of drug-likeness (QED) is 0.674. The predicted octanol–water partition coefficient (Wildman–Crippen LogP) is 5.24. The molecular formula is C15H10BrClFN3. The second kappa shape index (κ2) is 5.58. The van der Waals surface area contributed by atoms with Gasteiger partial charge in [0.15, 0.2) is 0 Å². The van der Waals surface area contributed by atoms with E-state index in [-0.39, 0.29) is 5.02 Å². The Morgan fingerprint density at radius 1 is 1.19 bits per heavy atom. The largest absolute Gasteiger partial charge is 0.340 e. The Morgan fingerprint density at radius 2 is 2.00 bits per heavy atom. The van der Waals surface area contributed by atoms with E-state index in [0.717, 1.165) is 20.9 Å². The van der Waals surface area contributed by atoms with Crippen LogP contribution in [0.15, 0.2) is 41.1 Å². The number of rotatable bonds is 2. The number of hydrogen-bond acceptors (Lipinski definition) is 3. The summed E-state index contributed by atoms with van der Waals surface area (Å²) in [4.78, 5) is 8.55. The monoisotopic (exact) mass is 365 g/mol. The lowest BCUT2D eigenvalue weighted by Crippen LogP contribution is -1.97. The van der Waals surface area contributed by atoms with E-state index in [1.54, 1.807) is 6.07 Å². The SMILES string of the molecule is Cc1cc(Br)cc2c(Nc3ccc(F)c(Cl)c3)ncnc12. The molecule has 0 radical (unpaired) electrons. The first-order valence-electron chi connectivity index (χ1n) is 6.17. The molecule has 0 saturated carbocycles. The summed E-state index contributed by atoms with van der Waals surface area (Å²) in [5, 5.41) is 4.09. The zero-order chi connectivity index (χ0) is 15.0. The number of benzene rings is 2. The standard InChI is InChI=1S/C15H10BrClFN3/c1-8-4-9(16)5-11-14(8)19-7-20-15(11)21-10-2-3-13(18)12(17)6-10/h2-7H,1H3,(H,19,20,21). The highest BCUT2D eigenvalue weighted by Crippen LogP contribution is 2.29. The highest BCUT2D eigenvalue weighted by Gasteiger charge is 2.08. The molecule has 0 saturated heterocycles. The molecule has 3 rings (SSSR count). The Bertz CT molecular complexity index is 839. The Balaban J connectivity index is 2.10. The van der Waals surface area contributed by atoms with Crippen LogP contribution in [-0.2, 0) is 0 Å². The van der Waals surface area contributed by atoms with Gasteiger partial charge in [0, 0.05) is 15.5 Å². The normalized spacial score (nSPS) is 10.9. The summed E-state index contributed by atoms with van der Waals surface area (Å²) < 4.78 is 14.2. The van der Waals surface area contributed by atoms with Gasteiger partial charge < -0.3 is 5.32 Å². The lowest BCUT2D eigenvalue weighted by molar-refractivity contribution is 0.628. The van der Waals surface area contributed by atoms with Crippen molar-refractivity contribution < 1.29 is 4.39 Å². The number of anilines is 2. The fraction of sp³-hybridized carbons (Fsp3) is 0.0667. The Kier molecular flexibility index (Phi) is 3.78. The third kappa shape index (κ3) is 2.84. The van der Waals surface area contributed by atoms with Gasteiger partial charge in [-0.15, -0.1) is 0 Å². The third-order valence-corrected chi connectivity index (χ3v) is 3.82. The second-order valence-corrected chi connectivity index (χ2v) is 5.92. The van der Waals surface area contributed by atoms with Gasteiger partial charge in [0.1, 0.15) is 18.0 Å². The molecule has 1 heterocycles. The lowest BCUT2D eigenvalue weighted by Gasteiger charge is -2.10. The molecule has 3 nitrogen and oxygen atoms in total. The topological polar surface area (TPSA) is 37.8 Å². The molecule has 0 amide bonds. The first-order valence-corrected chi connectivity index (χ1v) is 7.34. The lowest BCUT2D eigenvalue weighted by atomic mass is 10.1. The smallest absolute Gasteiger partial charge is 0.141 e. The fourth-order valence-electron chi connectivity index (χ4n) is 2.11. The van der Waals surface area contributed by atoms with Crippen molar-refractivity contribution in [2.24, 2.45) is 0 Å². The van der Waals surface area contributed by atoms with Crippen LogP contribution in [-0.4, -0.2) is 9.97 Å². The molecule has 1 N–H and O–H groups in total. The molecule has 1 aromatic heterocycles. The second-order valence-electron chi connectivity index (χ2n) is 4.60. The van der Waals surface area contributed by atoms with E-state index in [2.05, 4.69) is 31.2 Å². The molecular weight excluding hydrogens is 357 g/mol. The molecule has 0 bridgehead atoms. The van der Waals surface area contributed by atoms with Crippen LogP contribution in [0.1, 0.15) is 5.56 Å². The molecule has 21 heavy (non-hydrogen) atoms. The van der Waals surface area contributed by atoms with Crippen molar-refractivity contribution in [3.05, 3.63) is 57.5 Å².